The van der Waals surface area contributed by atoms with Crippen LogP contribution in [0.4, 0.5) is 0 Å². The molecule has 1 N–H and O–H groups in total. The van der Waals surface area contributed by atoms with Crippen LogP contribution in [0, 0.1) is 6.92 Å². The van der Waals surface area contributed by atoms with E-state index in [2.05, 4.69) is 5.32 Å². The number of nitrogens with zero attached hydrogens (tertiary/aromatic N) is 2. The minimum Gasteiger partial charge on any atom is -0.466 e. The summed E-state index contributed by atoms with van der Waals surface area (Å²) in [7, 11) is -0.605. The number of furan rings is 1. The van der Waals surface area contributed by atoms with Gasteiger partial charge >= 0.3 is 0 Å². The average Bonchev–Trinajstić information content (AvgIpc) is 2.93. The van der Waals surface area contributed by atoms with E-state index in [4.69, 9.17) is 9.15 Å². The van der Waals surface area contributed by atoms with Gasteiger partial charge in [0.05, 0.1) is 19.3 Å². The molecule has 1 amide bonds. The van der Waals surface area contributed by atoms with Crippen molar-refractivity contribution in [3.8, 4) is 0 Å². The molecule has 136 valence electrons. The molecule has 9 heteroatoms. The zero-order chi connectivity index (χ0) is 17.7. The van der Waals surface area contributed by atoms with Crippen LogP contribution in [0.5, 0.6) is 0 Å². The first-order valence-electron chi connectivity index (χ1n) is 7.89. The normalized spacial score (nSPS) is 19.6. The molecule has 8 nitrogen and oxygen atoms in total. The summed E-state index contributed by atoms with van der Waals surface area (Å²) in [6.45, 7) is 3.12. The smallest absolute Gasteiger partial charge is 0.281 e. The molecule has 1 aliphatic rings. The highest BCUT2D eigenvalue weighted by atomic mass is 32.2. The van der Waals surface area contributed by atoms with Crippen LogP contribution in [-0.4, -0.2) is 69.4 Å². The largest absolute Gasteiger partial charge is 0.466 e. The van der Waals surface area contributed by atoms with Crippen LogP contribution >= 0.6 is 0 Å². The maximum Gasteiger partial charge on any atom is 0.281 e. The first-order chi connectivity index (χ1) is 11.3. The number of rotatable bonds is 7. The fraction of sp³-hybridized carbons (Fsp3) is 0.667. The van der Waals surface area contributed by atoms with Crippen molar-refractivity contribution < 1.29 is 22.4 Å². The molecule has 1 aromatic heterocycles. The third-order valence-corrected chi connectivity index (χ3v) is 5.84. The molecular weight excluding hydrogens is 334 g/mol. The highest BCUT2D eigenvalue weighted by Crippen LogP contribution is 2.17. The van der Waals surface area contributed by atoms with Gasteiger partial charge in [-0.2, -0.15) is 17.0 Å². The second-order valence-corrected chi connectivity index (χ2v) is 8.04. The Bertz CT molecular complexity index is 656. The van der Waals surface area contributed by atoms with Gasteiger partial charge in [-0.1, -0.05) is 0 Å². The molecule has 1 unspecified atom stereocenters. The van der Waals surface area contributed by atoms with Crippen LogP contribution in [0.25, 0.3) is 0 Å². The van der Waals surface area contributed by atoms with Crippen LogP contribution < -0.4 is 5.32 Å². The van der Waals surface area contributed by atoms with E-state index in [0.717, 1.165) is 15.8 Å². The summed E-state index contributed by atoms with van der Waals surface area (Å²) >= 11 is 0. The van der Waals surface area contributed by atoms with Crippen molar-refractivity contribution in [3.63, 3.8) is 0 Å². The topological polar surface area (TPSA) is 92.1 Å². The lowest BCUT2D eigenvalue weighted by Gasteiger charge is -2.35. The number of nitrogens with one attached hydrogen (secondary N) is 1. The molecule has 24 heavy (non-hydrogen) atoms. The van der Waals surface area contributed by atoms with Crippen molar-refractivity contribution in [1.29, 1.82) is 0 Å². The molecule has 2 rings (SSSR count). The summed E-state index contributed by atoms with van der Waals surface area (Å²) in [5, 5.41) is 2.80. The van der Waals surface area contributed by atoms with Gasteiger partial charge in [0.1, 0.15) is 11.5 Å². The minimum atomic E-state index is -3.56. The monoisotopic (exact) mass is 359 g/mol. The summed E-state index contributed by atoms with van der Waals surface area (Å²) in [5.41, 5.74) is 0. The fourth-order valence-electron chi connectivity index (χ4n) is 2.54. The van der Waals surface area contributed by atoms with Gasteiger partial charge in [-0.05, 0) is 19.1 Å². The molecule has 1 saturated heterocycles. The third kappa shape index (κ3) is 4.79. The van der Waals surface area contributed by atoms with Gasteiger partial charge in [-0.15, -0.1) is 0 Å². The number of morpholine rings is 1. The Morgan fingerprint density at radius 3 is 2.79 bits per heavy atom. The van der Waals surface area contributed by atoms with Gasteiger partial charge in [0, 0.05) is 40.0 Å². The number of carbonyl (C=O) groups excluding carboxylic acids is 1. The van der Waals surface area contributed by atoms with Gasteiger partial charge in [0.25, 0.3) is 10.2 Å². The molecule has 0 aromatic carbocycles. The lowest BCUT2D eigenvalue weighted by molar-refractivity contribution is -0.123. The van der Waals surface area contributed by atoms with Crippen molar-refractivity contribution in [2.75, 3.05) is 40.4 Å². The predicted octanol–water partition coefficient (Wildman–Crippen LogP) is 0.144. The molecule has 0 aliphatic carbocycles. The Labute approximate surface area is 142 Å². The van der Waals surface area contributed by atoms with Crippen molar-refractivity contribution in [2.45, 2.75) is 25.8 Å². The summed E-state index contributed by atoms with van der Waals surface area (Å²) in [6, 6.07) is 3.26. The second-order valence-electron chi connectivity index (χ2n) is 5.95. The van der Waals surface area contributed by atoms with E-state index in [1.165, 1.54) is 18.4 Å². The van der Waals surface area contributed by atoms with Gasteiger partial charge in [-0.3, -0.25) is 4.79 Å². The maximum absolute atomic E-state index is 12.3. The predicted molar refractivity (Wildman–Crippen MR) is 88.7 cm³/mol. The van der Waals surface area contributed by atoms with Crippen LogP contribution in [0.3, 0.4) is 0 Å². The van der Waals surface area contributed by atoms with Gasteiger partial charge in [0.2, 0.25) is 5.91 Å². The minimum absolute atomic E-state index is 0.0737. The molecule has 2 heterocycles. The summed E-state index contributed by atoms with van der Waals surface area (Å²) in [5.74, 6) is 1.44. The van der Waals surface area contributed by atoms with Crippen molar-refractivity contribution in [2.24, 2.45) is 0 Å². The Balaban J connectivity index is 1.86. The van der Waals surface area contributed by atoms with E-state index in [1.54, 1.807) is 0 Å². The van der Waals surface area contributed by atoms with Gasteiger partial charge in [-0.25, -0.2) is 0 Å². The lowest BCUT2D eigenvalue weighted by Crippen LogP contribution is -2.53. The van der Waals surface area contributed by atoms with Crippen molar-refractivity contribution >= 4 is 16.1 Å². The average molecular weight is 359 g/mol. The number of ether oxygens (including phenoxy) is 1. The van der Waals surface area contributed by atoms with Crippen LogP contribution in [0.15, 0.2) is 16.5 Å². The molecule has 1 aliphatic heterocycles. The molecule has 1 atom stereocenters. The summed E-state index contributed by atoms with van der Waals surface area (Å²) in [6.07, 6.45) is 0.671. The number of amides is 1. The molecule has 0 radical (unpaired) electrons. The van der Waals surface area contributed by atoms with Crippen LogP contribution in [0.1, 0.15) is 17.9 Å². The van der Waals surface area contributed by atoms with E-state index in [0.29, 0.717) is 19.6 Å². The van der Waals surface area contributed by atoms with Gasteiger partial charge < -0.3 is 14.5 Å². The van der Waals surface area contributed by atoms with Crippen molar-refractivity contribution in [1.82, 2.24) is 13.9 Å². The third-order valence-electron chi connectivity index (χ3n) is 3.84. The lowest BCUT2D eigenvalue weighted by atomic mass is 10.2. The summed E-state index contributed by atoms with van der Waals surface area (Å²) in [4.78, 5) is 12.1. The number of hydrogen-bond acceptors (Lipinski definition) is 5. The molecule has 1 fully saturated rings. The Hall–Kier alpha value is -1.42. The van der Waals surface area contributed by atoms with Gasteiger partial charge in [0.15, 0.2) is 0 Å². The first kappa shape index (κ1) is 18.9. The zero-order valence-corrected chi connectivity index (χ0v) is 15.1. The van der Waals surface area contributed by atoms with E-state index >= 15 is 0 Å². The molecular formula is C15H25N3O5S. The Morgan fingerprint density at radius 1 is 1.42 bits per heavy atom. The van der Waals surface area contributed by atoms with Crippen LogP contribution in [-0.2, 0) is 26.2 Å². The first-order valence-corrected chi connectivity index (χ1v) is 9.29. The maximum atomic E-state index is 12.3. The quantitative estimate of drug-likeness (QED) is 0.748. The second kappa shape index (κ2) is 8.11. The number of hydrogen-bond donors (Lipinski definition) is 1. The molecule has 1 aromatic rings. The standard InChI is InChI=1S/C15H25N3O5S/c1-12-4-5-14(23-12)6-7-16-15(19)10-13-11-22-9-8-18(13)24(20,21)17(2)3/h4-5,13H,6-11H2,1-3H3,(H,16,19). The van der Waals surface area contributed by atoms with E-state index in [9.17, 15) is 13.2 Å². The van der Waals surface area contributed by atoms with E-state index in [1.807, 2.05) is 19.1 Å². The molecule has 0 bridgehead atoms. The Morgan fingerprint density at radius 2 is 2.17 bits per heavy atom. The van der Waals surface area contributed by atoms with E-state index in [-0.39, 0.29) is 25.5 Å². The Kier molecular flexibility index (Phi) is 6.39. The van der Waals surface area contributed by atoms with E-state index < -0.39 is 16.3 Å². The highest BCUT2D eigenvalue weighted by Gasteiger charge is 2.35. The van der Waals surface area contributed by atoms with Crippen LogP contribution in [0.2, 0.25) is 0 Å². The SMILES string of the molecule is Cc1ccc(CCNC(=O)CC2COCCN2S(=O)(=O)N(C)C)o1. The highest BCUT2D eigenvalue weighted by molar-refractivity contribution is 7.86. The summed E-state index contributed by atoms with van der Waals surface area (Å²) < 4.78 is 37.9. The fourth-order valence-corrected chi connectivity index (χ4v) is 3.78. The number of aryl methyl sites for hydroxylation is 1. The molecule has 0 saturated carbocycles. The number of carbonyl (C=O) groups is 1. The van der Waals surface area contributed by atoms with Crippen molar-refractivity contribution in [3.05, 3.63) is 23.7 Å². The zero-order valence-electron chi connectivity index (χ0n) is 14.3. The molecule has 0 spiro atoms.